The molecule has 6 aromatic carbocycles. The van der Waals surface area contributed by atoms with E-state index in [0.29, 0.717) is 0 Å². The molecule has 4 nitrogen and oxygen atoms in total. The van der Waals surface area contributed by atoms with Crippen LogP contribution in [0.2, 0.25) is 0 Å². The molecule has 0 aliphatic carbocycles. The number of furan rings is 1. The molecule has 2 aliphatic rings. The largest absolute Gasteiger partial charge is 0.468 e. The molecule has 0 amide bonds. The molecular weight excluding hydrogens is 705 g/mol. The van der Waals surface area contributed by atoms with Gasteiger partial charge in [-0.3, -0.25) is 0 Å². The lowest BCUT2D eigenvalue weighted by molar-refractivity contribution is 0.651. The van der Waals surface area contributed by atoms with Crippen molar-refractivity contribution in [2.45, 2.75) is 20.8 Å². The summed E-state index contributed by atoms with van der Waals surface area (Å²) in [6.07, 6.45) is 19.2. The predicted octanol–water partition coefficient (Wildman–Crippen LogP) is 13.2. The standard InChI is InChI=1S/C53H44BN3O/c1-4-5-6-7-11-22-41-35-39(2)36-46(38-41)57-49-32-20-31-48-51(49)54(53-52(57)47-30-18-19-33-50(47)58-53)34-21-29-45(37-40(3)55(48)42-23-12-8-13-24-42)56(43-25-14-9-15-26-43)44-27-16-10-17-28-44/h4-38H,1-3H3/b5-4-,7-6-,22-11+,34-21+,40-37+,45-29+. The van der Waals surface area contributed by atoms with E-state index in [1.165, 1.54) is 11.0 Å². The third-order valence-corrected chi connectivity index (χ3v) is 10.7. The maximum Gasteiger partial charge on any atom is 0.288 e. The minimum absolute atomic E-state index is 0.192. The summed E-state index contributed by atoms with van der Waals surface area (Å²) in [6.45, 7) is 6.22. The summed E-state index contributed by atoms with van der Waals surface area (Å²) in [4.78, 5) is 7.15. The van der Waals surface area contributed by atoms with E-state index in [2.05, 4.69) is 229 Å². The number of benzene rings is 6. The fourth-order valence-corrected chi connectivity index (χ4v) is 8.31. The molecule has 0 saturated heterocycles. The number of hydrogen-bond donors (Lipinski definition) is 0. The highest BCUT2D eigenvalue weighted by Crippen LogP contribution is 2.45. The topological polar surface area (TPSA) is 22.9 Å². The zero-order valence-electron chi connectivity index (χ0n) is 33.0. The van der Waals surface area contributed by atoms with Crippen molar-refractivity contribution in [1.82, 2.24) is 0 Å². The van der Waals surface area contributed by atoms with E-state index in [0.717, 1.165) is 73.4 Å². The van der Waals surface area contributed by atoms with Gasteiger partial charge in [-0.05, 0) is 122 Å². The van der Waals surface area contributed by atoms with Crippen molar-refractivity contribution in [2.24, 2.45) is 0 Å². The van der Waals surface area contributed by atoms with Gasteiger partial charge in [0.2, 0.25) is 0 Å². The molecular formula is C53H44BN3O. The first-order valence-electron chi connectivity index (χ1n) is 19.9. The summed E-state index contributed by atoms with van der Waals surface area (Å²) in [6, 6.07) is 53.8. The smallest absolute Gasteiger partial charge is 0.288 e. The zero-order valence-corrected chi connectivity index (χ0v) is 33.0. The van der Waals surface area contributed by atoms with Crippen LogP contribution in [0, 0.1) is 6.92 Å². The van der Waals surface area contributed by atoms with Crippen LogP contribution in [0.15, 0.2) is 222 Å². The van der Waals surface area contributed by atoms with E-state index in [9.17, 15) is 0 Å². The number of hydrogen-bond acceptors (Lipinski definition) is 4. The zero-order chi connectivity index (χ0) is 39.4. The molecule has 1 aromatic heterocycles. The third-order valence-electron chi connectivity index (χ3n) is 10.7. The molecule has 280 valence electrons. The van der Waals surface area contributed by atoms with Gasteiger partial charge in [-0.15, -0.1) is 5.98 Å². The van der Waals surface area contributed by atoms with Crippen molar-refractivity contribution in [3.8, 4) is 0 Å². The summed E-state index contributed by atoms with van der Waals surface area (Å²) < 4.78 is 7.02. The highest BCUT2D eigenvalue weighted by Gasteiger charge is 2.40. The van der Waals surface area contributed by atoms with Gasteiger partial charge in [0.1, 0.15) is 5.58 Å². The first-order chi connectivity index (χ1) is 28.6. The summed E-state index contributed by atoms with van der Waals surface area (Å²) in [5, 5.41) is 1.08. The van der Waals surface area contributed by atoms with E-state index >= 15 is 0 Å². The van der Waals surface area contributed by atoms with Crippen molar-refractivity contribution in [1.29, 1.82) is 0 Å². The second-order valence-electron chi connectivity index (χ2n) is 14.6. The summed E-state index contributed by atoms with van der Waals surface area (Å²) in [5.74, 6) is 2.31. The number of anilines is 7. The van der Waals surface area contributed by atoms with Crippen LogP contribution in [-0.4, -0.2) is 6.71 Å². The van der Waals surface area contributed by atoms with Gasteiger partial charge in [0.15, 0.2) is 0 Å². The Morgan fingerprint density at radius 3 is 2.00 bits per heavy atom. The Morgan fingerprint density at radius 1 is 0.621 bits per heavy atom. The van der Waals surface area contributed by atoms with Gasteiger partial charge in [0.25, 0.3) is 6.71 Å². The highest BCUT2D eigenvalue weighted by atomic mass is 16.3. The van der Waals surface area contributed by atoms with Crippen LogP contribution in [0.5, 0.6) is 0 Å². The maximum atomic E-state index is 7.02. The monoisotopic (exact) mass is 749 g/mol. The SMILES string of the molecule is C\C=C/C=C\C=C\c1cc(C)cc(N2c3cccc4c3B(/C=C/C=C(N(c3ccccc3)c3ccccc3)\C=C(/C)N4c3ccccc3)c3oc4ccccc4c32)c1. The van der Waals surface area contributed by atoms with E-state index in [1.807, 2.05) is 19.1 Å². The van der Waals surface area contributed by atoms with Crippen molar-refractivity contribution in [2.75, 3.05) is 14.7 Å². The van der Waals surface area contributed by atoms with Crippen LogP contribution in [0.1, 0.15) is 25.0 Å². The molecule has 0 unspecified atom stereocenters. The molecule has 0 saturated carbocycles. The number of nitrogens with zero attached hydrogens (tertiary/aromatic N) is 3. The van der Waals surface area contributed by atoms with Crippen LogP contribution in [0.25, 0.3) is 17.0 Å². The number of allylic oxidation sites excluding steroid dienone is 9. The number of aryl methyl sites for hydroxylation is 1. The molecule has 3 heterocycles. The lowest BCUT2D eigenvalue weighted by Gasteiger charge is -2.38. The Bertz CT molecular complexity index is 2740. The molecule has 0 atom stereocenters. The summed E-state index contributed by atoms with van der Waals surface area (Å²) >= 11 is 0. The molecule has 58 heavy (non-hydrogen) atoms. The first-order valence-corrected chi connectivity index (χ1v) is 19.9. The van der Waals surface area contributed by atoms with Gasteiger partial charge in [-0.1, -0.05) is 121 Å². The fraction of sp³-hybridized carbons (Fsp3) is 0.0566. The van der Waals surface area contributed by atoms with Gasteiger partial charge >= 0.3 is 0 Å². The van der Waals surface area contributed by atoms with Crippen LogP contribution >= 0.6 is 0 Å². The Balaban J connectivity index is 1.30. The Hall–Kier alpha value is -7.24. The average Bonchev–Trinajstić information content (AvgIpc) is 3.64. The molecule has 9 rings (SSSR count). The van der Waals surface area contributed by atoms with Crippen LogP contribution in [0.3, 0.4) is 0 Å². The molecule has 7 aromatic rings. The minimum atomic E-state index is -0.192. The number of rotatable bonds is 8. The molecule has 0 radical (unpaired) electrons. The second-order valence-corrected chi connectivity index (χ2v) is 14.6. The highest BCUT2D eigenvalue weighted by molar-refractivity contribution is 6.92. The Kier molecular flexibility index (Phi) is 10.1. The fourth-order valence-electron chi connectivity index (χ4n) is 8.31. The molecule has 0 N–H and O–H groups in total. The molecule has 0 bridgehead atoms. The van der Waals surface area contributed by atoms with Crippen molar-refractivity contribution in [3.63, 3.8) is 0 Å². The van der Waals surface area contributed by atoms with E-state index in [4.69, 9.17) is 4.42 Å². The van der Waals surface area contributed by atoms with Gasteiger partial charge in [0, 0.05) is 50.9 Å². The van der Waals surface area contributed by atoms with Crippen molar-refractivity contribution in [3.05, 3.63) is 229 Å². The number of para-hydroxylation sites is 4. The van der Waals surface area contributed by atoms with Crippen molar-refractivity contribution < 1.29 is 4.42 Å². The van der Waals surface area contributed by atoms with E-state index in [-0.39, 0.29) is 6.71 Å². The minimum Gasteiger partial charge on any atom is -0.468 e. The van der Waals surface area contributed by atoms with E-state index in [1.54, 1.807) is 0 Å². The maximum absolute atomic E-state index is 7.02. The molecule has 0 fully saturated rings. The van der Waals surface area contributed by atoms with Crippen LogP contribution in [-0.2, 0) is 0 Å². The first kappa shape index (κ1) is 36.4. The summed E-state index contributed by atoms with van der Waals surface area (Å²) in [7, 11) is 0. The quantitative estimate of drug-likeness (QED) is 0.114. The summed E-state index contributed by atoms with van der Waals surface area (Å²) in [5.41, 5.74) is 15.0. The lowest BCUT2D eigenvalue weighted by atomic mass is 9.40. The van der Waals surface area contributed by atoms with E-state index < -0.39 is 0 Å². The van der Waals surface area contributed by atoms with Gasteiger partial charge in [-0.25, -0.2) is 0 Å². The van der Waals surface area contributed by atoms with Crippen LogP contribution in [0.4, 0.5) is 39.8 Å². The predicted molar refractivity (Wildman–Crippen MR) is 248 cm³/mol. The second kappa shape index (κ2) is 16.1. The average molecular weight is 750 g/mol. The van der Waals surface area contributed by atoms with Crippen molar-refractivity contribution >= 4 is 74.7 Å². The van der Waals surface area contributed by atoms with Gasteiger partial charge in [0.05, 0.1) is 11.3 Å². The van der Waals surface area contributed by atoms with Gasteiger partial charge < -0.3 is 19.1 Å². The Morgan fingerprint density at radius 2 is 1.28 bits per heavy atom. The number of fused-ring (bicyclic) bond motifs is 4. The van der Waals surface area contributed by atoms with Gasteiger partial charge in [-0.2, -0.15) is 0 Å². The molecule has 2 aliphatic heterocycles. The lowest BCUT2D eigenvalue weighted by Crippen LogP contribution is -2.50. The Labute approximate surface area is 342 Å². The molecule has 5 heteroatoms. The van der Waals surface area contributed by atoms with Crippen LogP contribution < -0.4 is 25.8 Å². The molecule has 0 spiro atoms. The normalized spacial score (nSPS) is 16.3. The third kappa shape index (κ3) is 6.92.